The third kappa shape index (κ3) is 4.34. The van der Waals surface area contributed by atoms with Gasteiger partial charge in [-0.05, 0) is 12.1 Å². The minimum atomic E-state index is -3.63. The van der Waals surface area contributed by atoms with E-state index in [9.17, 15) is 13.2 Å². The Morgan fingerprint density at radius 2 is 1.94 bits per heavy atom. The molecule has 0 unspecified atom stereocenters. The predicted molar refractivity (Wildman–Crippen MR) is 71.2 cm³/mol. The highest BCUT2D eigenvalue weighted by Crippen LogP contribution is 2.28. The minimum absolute atomic E-state index is 0.0546. The molecular formula is C9H11Cl2N3O3S. The maximum Gasteiger partial charge on any atom is 0.252 e. The molecule has 0 atom stereocenters. The van der Waals surface area contributed by atoms with Gasteiger partial charge in [-0.25, -0.2) is 13.6 Å². The Hall–Kier alpha value is -1.02. The zero-order valence-corrected chi connectivity index (χ0v) is 11.4. The maximum absolute atomic E-state index is 11.7. The summed E-state index contributed by atoms with van der Waals surface area (Å²) in [6.07, 6.45) is 0. The number of carbonyl (C=O) groups is 1. The number of amides is 1. The van der Waals surface area contributed by atoms with E-state index in [1.54, 1.807) is 0 Å². The Labute approximate surface area is 114 Å². The highest BCUT2D eigenvalue weighted by Gasteiger charge is 2.14. The molecule has 0 saturated heterocycles. The number of halogens is 2. The van der Waals surface area contributed by atoms with Crippen molar-refractivity contribution in [1.29, 1.82) is 0 Å². The lowest BCUT2D eigenvalue weighted by Crippen LogP contribution is -2.31. The molecule has 0 bridgehead atoms. The Bertz CT molecular complexity index is 575. The first-order valence-corrected chi connectivity index (χ1v) is 7.21. The summed E-state index contributed by atoms with van der Waals surface area (Å²) in [6, 6.07) is 2.76. The van der Waals surface area contributed by atoms with Crippen LogP contribution >= 0.6 is 23.2 Å². The van der Waals surface area contributed by atoms with Crippen LogP contribution < -0.4 is 16.2 Å². The van der Waals surface area contributed by atoms with E-state index < -0.39 is 15.9 Å². The van der Waals surface area contributed by atoms with E-state index in [0.717, 1.165) is 0 Å². The normalized spacial score (nSPS) is 11.3. The van der Waals surface area contributed by atoms with E-state index in [4.69, 9.17) is 34.1 Å². The smallest absolute Gasteiger partial charge is 0.252 e. The van der Waals surface area contributed by atoms with Gasteiger partial charge in [-0.3, -0.25) is 4.79 Å². The van der Waals surface area contributed by atoms with Crippen molar-refractivity contribution < 1.29 is 13.2 Å². The van der Waals surface area contributed by atoms with E-state index in [1.807, 2.05) is 0 Å². The van der Waals surface area contributed by atoms with Crippen molar-refractivity contribution in [2.75, 3.05) is 18.0 Å². The average molecular weight is 312 g/mol. The standard InChI is InChI=1S/C9H11Cl2N3O3S/c10-7-4-5(12)3-6(8(7)11)9(15)14-1-2-18(13,16)17/h3-4H,1-2,12H2,(H,14,15)(H2,13,16,17). The van der Waals surface area contributed by atoms with Gasteiger partial charge in [-0.15, -0.1) is 0 Å². The van der Waals surface area contributed by atoms with Gasteiger partial charge in [0.2, 0.25) is 10.0 Å². The third-order valence-corrected chi connectivity index (χ3v) is 3.54. The summed E-state index contributed by atoms with van der Waals surface area (Å²) in [4.78, 5) is 11.7. The summed E-state index contributed by atoms with van der Waals surface area (Å²) in [5, 5.41) is 7.35. The lowest BCUT2D eigenvalue weighted by molar-refractivity contribution is 0.0956. The van der Waals surface area contributed by atoms with Gasteiger partial charge >= 0.3 is 0 Å². The molecule has 0 fully saturated rings. The summed E-state index contributed by atoms with van der Waals surface area (Å²) >= 11 is 11.6. The van der Waals surface area contributed by atoms with E-state index >= 15 is 0 Å². The molecule has 5 N–H and O–H groups in total. The van der Waals surface area contributed by atoms with Crippen LogP contribution in [0.5, 0.6) is 0 Å². The van der Waals surface area contributed by atoms with E-state index in [1.165, 1.54) is 12.1 Å². The van der Waals surface area contributed by atoms with Gasteiger partial charge in [0.15, 0.2) is 0 Å². The van der Waals surface area contributed by atoms with Crippen LogP contribution in [-0.4, -0.2) is 26.6 Å². The summed E-state index contributed by atoms with van der Waals surface area (Å²) < 4.78 is 21.4. The molecule has 0 radical (unpaired) electrons. The first-order chi connectivity index (χ1) is 8.20. The molecule has 1 aromatic rings. The van der Waals surface area contributed by atoms with Crippen LogP contribution in [0.4, 0.5) is 5.69 Å². The number of benzene rings is 1. The number of nitrogens with two attached hydrogens (primary N) is 2. The molecule has 0 spiro atoms. The van der Waals surface area contributed by atoms with Crippen LogP contribution in [0.25, 0.3) is 0 Å². The van der Waals surface area contributed by atoms with Crippen molar-refractivity contribution in [3.8, 4) is 0 Å². The lowest BCUT2D eigenvalue weighted by atomic mass is 10.2. The molecule has 1 rings (SSSR count). The molecular weight excluding hydrogens is 301 g/mol. The topological polar surface area (TPSA) is 115 Å². The summed E-state index contributed by atoms with van der Waals surface area (Å²) in [5.74, 6) is -0.940. The summed E-state index contributed by atoms with van der Waals surface area (Å²) in [7, 11) is -3.63. The third-order valence-electron chi connectivity index (χ3n) is 1.97. The largest absolute Gasteiger partial charge is 0.399 e. The summed E-state index contributed by atoms with van der Waals surface area (Å²) in [5.41, 5.74) is 5.88. The zero-order valence-electron chi connectivity index (χ0n) is 9.11. The molecule has 1 aromatic carbocycles. The van der Waals surface area contributed by atoms with Crippen molar-refractivity contribution in [2.45, 2.75) is 0 Å². The van der Waals surface area contributed by atoms with Gasteiger partial charge in [0.05, 0.1) is 21.4 Å². The van der Waals surface area contributed by atoms with Crippen LogP contribution in [-0.2, 0) is 10.0 Å². The summed E-state index contributed by atoms with van der Waals surface area (Å²) in [6.45, 7) is -0.125. The van der Waals surface area contributed by atoms with Gasteiger partial charge in [0, 0.05) is 12.2 Å². The molecule has 1 amide bonds. The maximum atomic E-state index is 11.7. The molecule has 0 aliphatic carbocycles. The molecule has 100 valence electrons. The molecule has 18 heavy (non-hydrogen) atoms. The molecule has 0 aromatic heterocycles. The minimum Gasteiger partial charge on any atom is -0.399 e. The first-order valence-electron chi connectivity index (χ1n) is 4.74. The van der Waals surface area contributed by atoms with Crippen molar-refractivity contribution in [1.82, 2.24) is 5.32 Å². The Balaban J connectivity index is 2.79. The fraction of sp³-hybridized carbons (Fsp3) is 0.222. The van der Waals surface area contributed by atoms with Crippen LogP contribution in [0.2, 0.25) is 10.0 Å². The van der Waals surface area contributed by atoms with Crippen LogP contribution in [0, 0.1) is 0 Å². The van der Waals surface area contributed by atoms with Gasteiger partial charge in [-0.1, -0.05) is 23.2 Å². The van der Waals surface area contributed by atoms with Crippen molar-refractivity contribution >= 4 is 44.8 Å². The van der Waals surface area contributed by atoms with Gasteiger partial charge in [0.1, 0.15) is 0 Å². The second kappa shape index (κ2) is 5.75. The van der Waals surface area contributed by atoms with Crippen LogP contribution in [0.3, 0.4) is 0 Å². The fourth-order valence-corrected chi connectivity index (χ4v) is 1.99. The number of hydrogen-bond donors (Lipinski definition) is 3. The number of sulfonamides is 1. The van der Waals surface area contributed by atoms with E-state index in [2.05, 4.69) is 5.32 Å². The SMILES string of the molecule is Nc1cc(Cl)c(Cl)c(C(=O)NCCS(N)(=O)=O)c1. The van der Waals surface area contributed by atoms with Gasteiger partial charge < -0.3 is 11.1 Å². The fourth-order valence-electron chi connectivity index (χ4n) is 1.18. The first kappa shape index (κ1) is 15.0. The molecule has 6 nitrogen and oxygen atoms in total. The molecule has 0 aliphatic heterocycles. The van der Waals surface area contributed by atoms with Crippen LogP contribution in [0.1, 0.15) is 10.4 Å². The van der Waals surface area contributed by atoms with Crippen molar-refractivity contribution in [3.63, 3.8) is 0 Å². The Morgan fingerprint density at radius 3 is 2.50 bits per heavy atom. The van der Waals surface area contributed by atoms with E-state index in [-0.39, 0.29) is 33.6 Å². The van der Waals surface area contributed by atoms with Gasteiger partial charge in [-0.2, -0.15) is 0 Å². The highest BCUT2D eigenvalue weighted by atomic mass is 35.5. The second-order valence-electron chi connectivity index (χ2n) is 3.49. The number of rotatable bonds is 4. The zero-order chi connectivity index (χ0) is 13.9. The number of carbonyl (C=O) groups excluding carboxylic acids is 1. The highest BCUT2D eigenvalue weighted by molar-refractivity contribution is 7.89. The quantitative estimate of drug-likeness (QED) is 0.706. The molecule has 0 heterocycles. The van der Waals surface area contributed by atoms with Gasteiger partial charge in [0.25, 0.3) is 5.91 Å². The molecule has 0 aliphatic rings. The number of primary sulfonamides is 1. The van der Waals surface area contributed by atoms with Crippen molar-refractivity contribution in [3.05, 3.63) is 27.7 Å². The molecule has 9 heteroatoms. The number of hydrogen-bond acceptors (Lipinski definition) is 4. The Morgan fingerprint density at radius 1 is 1.33 bits per heavy atom. The predicted octanol–water partition coefficient (Wildman–Crippen LogP) is 0.594. The number of nitrogens with one attached hydrogen (secondary N) is 1. The number of anilines is 1. The number of nitrogen functional groups attached to an aromatic ring is 1. The second-order valence-corrected chi connectivity index (χ2v) is 6.01. The molecule has 0 saturated carbocycles. The lowest BCUT2D eigenvalue weighted by Gasteiger charge is -2.08. The average Bonchev–Trinajstić information content (AvgIpc) is 2.21. The Kier molecular flexibility index (Phi) is 4.80. The van der Waals surface area contributed by atoms with Crippen molar-refractivity contribution in [2.24, 2.45) is 5.14 Å². The van der Waals surface area contributed by atoms with Crippen LogP contribution in [0.15, 0.2) is 12.1 Å². The van der Waals surface area contributed by atoms with E-state index in [0.29, 0.717) is 0 Å². The monoisotopic (exact) mass is 311 g/mol.